The zero-order valence-corrected chi connectivity index (χ0v) is 14.3. The van der Waals surface area contributed by atoms with Crippen molar-refractivity contribution in [1.82, 2.24) is 14.5 Å². The minimum atomic E-state index is -3.77. The van der Waals surface area contributed by atoms with Crippen LogP contribution >= 0.6 is 11.6 Å². The number of benzene rings is 1. The lowest BCUT2D eigenvalue weighted by Crippen LogP contribution is -2.37. The summed E-state index contributed by atoms with van der Waals surface area (Å²) < 4.78 is 25.8. The summed E-state index contributed by atoms with van der Waals surface area (Å²) in [4.78, 5) is 26.3. The topological polar surface area (TPSA) is 86.8 Å². The minimum absolute atomic E-state index is 0.0120. The molecule has 0 saturated heterocycles. The van der Waals surface area contributed by atoms with Gasteiger partial charge in [-0.25, -0.2) is 13.1 Å². The Bertz CT molecular complexity index is 689. The van der Waals surface area contributed by atoms with E-state index in [1.807, 2.05) is 0 Å². The van der Waals surface area contributed by atoms with E-state index in [1.54, 1.807) is 14.1 Å². The molecule has 0 aliphatic rings. The fourth-order valence-corrected chi connectivity index (χ4v) is 2.84. The highest BCUT2D eigenvalue weighted by molar-refractivity contribution is 7.89. The molecule has 122 valence electrons. The monoisotopic (exact) mass is 347 g/mol. The normalized spacial score (nSPS) is 11.1. The molecule has 7 nitrogen and oxygen atoms in total. The maximum atomic E-state index is 12.3. The summed E-state index contributed by atoms with van der Waals surface area (Å²) in [7, 11) is 2.11. The number of halogens is 1. The van der Waals surface area contributed by atoms with Crippen LogP contribution in [0.3, 0.4) is 0 Å². The van der Waals surface area contributed by atoms with E-state index in [0.717, 1.165) is 0 Å². The molecule has 9 heteroatoms. The van der Waals surface area contributed by atoms with E-state index in [2.05, 4.69) is 4.72 Å². The number of rotatable bonds is 5. The second kappa shape index (κ2) is 7.08. The van der Waals surface area contributed by atoms with E-state index >= 15 is 0 Å². The van der Waals surface area contributed by atoms with Gasteiger partial charge in [0.25, 0.3) is 5.91 Å². The quantitative estimate of drug-likeness (QED) is 0.835. The zero-order chi connectivity index (χ0) is 17.1. The SMILES string of the molecule is CNS(=O)(=O)c1cc(C(=O)N(C)CC(=O)N(C)C)ccc1Cl. The van der Waals surface area contributed by atoms with Crippen LogP contribution in [-0.2, 0) is 14.8 Å². The van der Waals surface area contributed by atoms with Gasteiger partial charge in [-0.15, -0.1) is 0 Å². The van der Waals surface area contributed by atoms with Crippen LogP contribution in [0.25, 0.3) is 0 Å². The molecule has 0 unspecified atom stereocenters. The number of carbonyl (C=O) groups is 2. The molecular formula is C13H18ClN3O4S. The predicted molar refractivity (Wildman–Crippen MR) is 83.4 cm³/mol. The van der Waals surface area contributed by atoms with Crippen molar-refractivity contribution in [3.8, 4) is 0 Å². The average molecular weight is 348 g/mol. The van der Waals surface area contributed by atoms with Crippen molar-refractivity contribution >= 4 is 33.4 Å². The van der Waals surface area contributed by atoms with E-state index in [4.69, 9.17) is 11.6 Å². The van der Waals surface area contributed by atoms with E-state index in [0.29, 0.717) is 0 Å². The summed E-state index contributed by atoms with van der Waals surface area (Å²) >= 11 is 5.86. The third-order valence-corrected chi connectivity index (χ3v) is 4.85. The third kappa shape index (κ3) is 4.19. The zero-order valence-electron chi connectivity index (χ0n) is 12.8. The highest BCUT2D eigenvalue weighted by Crippen LogP contribution is 2.23. The lowest BCUT2D eigenvalue weighted by atomic mass is 10.2. The van der Waals surface area contributed by atoms with Crippen molar-refractivity contribution < 1.29 is 18.0 Å². The number of nitrogens with zero attached hydrogens (tertiary/aromatic N) is 2. The van der Waals surface area contributed by atoms with Crippen molar-refractivity contribution in [2.75, 3.05) is 34.7 Å². The first-order valence-corrected chi connectivity index (χ1v) is 8.15. The molecule has 0 heterocycles. The van der Waals surface area contributed by atoms with Gasteiger partial charge in [0.1, 0.15) is 4.90 Å². The minimum Gasteiger partial charge on any atom is -0.347 e. The highest BCUT2D eigenvalue weighted by atomic mass is 35.5. The van der Waals surface area contributed by atoms with Crippen LogP contribution in [0.1, 0.15) is 10.4 Å². The molecule has 1 rings (SSSR count). The van der Waals surface area contributed by atoms with Gasteiger partial charge in [0, 0.05) is 26.7 Å². The van der Waals surface area contributed by atoms with Crippen molar-refractivity contribution in [3.63, 3.8) is 0 Å². The number of nitrogens with one attached hydrogen (secondary N) is 1. The molecule has 0 bridgehead atoms. The summed E-state index contributed by atoms with van der Waals surface area (Å²) in [6, 6.07) is 3.93. The fraction of sp³-hybridized carbons (Fsp3) is 0.385. The van der Waals surface area contributed by atoms with E-state index in [1.165, 1.54) is 42.1 Å². The van der Waals surface area contributed by atoms with E-state index in [-0.39, 0.29) is 27.9 Å². The molecule has 0 aliphatic heterocycles. The van der Waals surface area contributed by atoms with Crippen LogP contribution in [0, 0.1) is 0 Å². The second-order valence-corrected chi connectivity index (χ2v) is 7.06. The van der Waals surface area contributed by atoms with E-state index in [9.17, 15) is 18.0 Å². The molecule has 1 aromatic carbocycles. The summed E-state index contributed by atoms with van der Waals surface area (Å²) in [5.74, 6) is -0.715. The number of carbonyl (C=O) groups excluding carboxylic acids is 2. The second-order valence-electron chi connectivity index (χ2n) is 4.80. The molecular weight excluding hydrogens is 330 g/mol. The molecule has 0 atom stereocenters. The summed E-state index contributed by atoms with van der Waals surface area (Å²) in [6.45, 7) is -0.109. The van der Waals surface area contributed by atoms with Gasteiger partial charge in [0.15, 0.2) is 0 Å². The molecule has 0 spiro atoms. The molecule has 22 heavy (non-hydrogen) atoms. The number of sulfonamides is 1. The number of likely N-dealkylation sites (N-methyl/N-ethyl adjacent to an activating group) is 2. The lowest BCUT2D eigenvalue weighted by Gasteiger charge is -2.19. The van der Waals surface area contributed by atoms with Crippen molar-refractivity contribution in [1.29, 1.82) is 0 Å². The first-order valence-electron chi connectivity index (χ1n) is 6.29. The first-order chi connectivity index (χ1) is 10.1. The van der Waals surface area contributed by atoms with Crippen molar-refractivity contribution in [2.45, 2.75) is 4.90 Å². The maximum absolute atomic E-state index is 12.3. The molecule has 1 aromatic rings. The van der Waals surface area contributed by atoms with Gasteiger partial charge in [-0.05, 0) is 25.2 Å². The summed E-state index contributed by atoms with van der Waals surface area (Å²) in [5, 5.41) is 0.0120. The standard InChI is InChI=1S/C13H18ClN3O4S/c1-15-22(20,21)11-7-9(5-6-10(11)14)13(19)17(4)8-12(18)16(2)3/h5-7,15H,8H2,1-4H3. The van der Waals surface area contributed by atoms with Gasteiger partial charge in [0.05, 0.1) is 11.6 Å². The molecule has 0 radical (unpaired) electrons. The Morgan fingerprint density at radius 1 is 1.23 bits per heavy atom. The summed E-state index contributed by atoms with van der Waals surface area (Å²) in [5.41, 5.74) is 0.132. The van der Waals surface area contributed by atoms with Gasteiger partial charge in [-0.3, -0.25) is 9.59 Å². The molecule has 0 saturated carbocycles. The molecule has 2 amide bonds. The van der Waals surface area contributed by atoms with Gasteiger partial charge in [-0.2, -0.15) is 0 Å². The van der Waals surface area contributed by atoms with Crippen molar-refractivity contribution in [3.05, 3.63) is 28.8 Å². The van der Waals surface area contributed by atoms with Crippen LogP contribution in [0.4, 0.5) is 0 Å². The van der Waals surface area contributed by atoms with Crippen LogP contribution in [0.15, 0.2) is 23.1 Å². The first kappa shape index (κ1) is 18.4. The molecule has 0 aliphatic carbocycles. The average Bonchev–Trinajstić information content (AvgIpc) is 2.46. The predicted octanol–water partition coefficient (Wildman–Crippen LogP) is 0.408. The highest BCUT2D eigenvalue weighted by Gasteiger charge is 2.21. The number of hydrogen-bond acceptors (Lipinski definition) is 4. The Morgan fingerprint density at radius 3 is 2.32 bits per heavy atom. The van der Waals surface area contributed by atoms with Crippen LogP contribution in [-0.4, -0.2) is 64.8 Å². The van der Waals surface area contributed by atoms with Crippen molar-refractivity contribution in [2.24, 2.45) is 0 Å². The van der Waals surface area contributed by atoms with E-state index < -0.39 is 15.9 Å². The number of hydrogen-bond donors (Lipinski definition) is 1. The Kier molecular flexibility index (Phi) is 5.92. The summed E-state index contributed by atoms with van der Waals surface area (Å²) in [6.07, 6.45) is 0. The Labute approximate surface area is 134 Å². The fourth-order valence-electron chi connectivity index (χ4n) is 1.59. The Hall–Kier alpha value is -1.64. The van der Waals surface area contributed by atoms with Gasteiger partial charge in [-0.1, -0.05) is 11.6 Å². The van der Waals surface area contributed by atoms with Gasteiger partial charge >= 0.3 is 0 Å². The molecule has 0 aromatic heterocycles. The lowest BCUT2D eigenvalue weighted by molar-refractivity contribution is -0.129. The van der Waals surface area contributed by atoms with Crippen LogP contribution in [0.2, 0.25) is 5.02 Å². The third-order valence-electron chi connectivity index (χ3n) is 2.95. The number of amides is 2. The largest absolute Gasteiger partial charge is 0.347 e. The smallest absolute Gasteiger partial charge is 0.254 e. The maximum Gasteiger partial charge on any atom is 0.254 e. The van der Waals surface area contributed by atoms with Gasteiger partial charge in [0.2, 0.25) is 15.9 Å². The van der Waals surface area contributed by atoms with Crippen LogP contribution in [0.5, 0.6) is 0 Å². The van der Waals surface area contributed by atoms with Crippen LogP contribution < -0.4 is 4.72 Å². The molecule has 0 fully saturated rings. The van der Waals surface area contributed by atoms with Gasteiger partial charge < -0.3 is 9.80 Å². The molecule has 1 N–H and O–H groups in total. The Balaban J connectivity index is 3.10. The Morgan fingerprint density at radius 2 is 1.82 bits per heavy atom.